The molecular weight excluding hydrogens is 254 g/mol. The summed E-state index contributed by atoms with van der Waals surface area (Å²) in [6.07, 6.45) is 0.960. The molecule has 108 valence electrons. The molecule has 2 heterocycles. The van der Waals surface area contributed by atoms with Gasteiger partial charge in [-0.25, -0.2) is 4.98 Å². The van der Waals surface area contributed by atoms with Crippen LogP contribution in [0.3, 0.4) is 0 Å². The topological polar surface area (TPSA) is 64.9 Å². The third kappa shape index (κ3) is 3.69. The zero-order valence-corrected chi connectivity index (χ0v) is 12.5. The van der Waals surface area contributed by atoms with Crippen LogP contribution in [0.4, 0.5) is 5.95 Å². The van der Waals surface area contributed by atoms with E-state index in [2.05, 4.69) is 33.4 Å². The molecule has 0 saturated heterocycles. The molecule has 0 aliphatic heterocycles. The van der Waals surface area contributed by atoms with E-state index in [0.29, 0.717) is 11.8 Å². The van der Waals surface area contributed by atoms with Crippen molar-refractivity contribution >= 4 is 5.95 Å². The first-order valence-electron chi connectivity index (χ1n) is 6.73. The lowest BCUT2D eigenvalue weighted by atomic mass is 10.4. The van der Waals surface area contributed by atoms with Gasteiger partial charge in [0.2, 0.25) is 11.8 Å². The van der Waals surface area contributed by atoms with Crippen molar-refractivity contribution in [2.45, 2.75) is 33.7 Å². The minimum absolute atomic E-state index is 0.582. The van der Waals surface area contributed by atoms with E-state index in [1.54, 1.807) is 13.2 Å². The molecule has 2 aromatic heterocycles. The normalized spacial score (nSPS) is 10.6. The van der Waals surface area contributed by atoms with Gasteiger partial charge < -0.3 is 10.1 Å². The molecule has 0 fully saturated rings. The lowest BCUT2D eigenvalue weighted by Crippen LogP contribution is -2.11. The third-order valence-corrected chi connectivity index (χ3v) is 2.97. The van der Waals surface area contributed by atoms with Gasteiger partial charge in [-0.15, -0.1) is 0 Å². The summed E-state index contributed by atoms with van der Waals surface area (Å²) in [4.78, 5) is 8.57. The van der Waals surface area contributed by atoms with Gasteiger partial charge in [0.1, 0.15) is 0 Å². The number of hydrogen-bond donors (Lipinski definition) is 1. The second-order valence-electron chi connectivity index (χ2n) is 4.81. The minimum atomic E-state index is 0.582. The van der Waals surface area contributed by atoms with Gasteiger partial charge in [-0.2, -0.15) is 10.1 Å². The summed E-state index contributed by atoms with van der Waals surface area (Å²) in [5.41, 5.74) is 3.14. The van der Waals surface area contributed by atoms with Crippen LogP contribution in [0.2, 0.25) is 0 Å². The molecule has 0 atom stereocenters. The molecule has 0 bridgehead atoms. The Kier molecular flexibility index (Phi) is 4.55. The predicted octanol–water partition coefficient (Wildman–Crippen LogP) is 2.11. The highest BCUT2D eigenvalue weighted by Gasteiger charge is 2.03. The van der Waals surface area contributed by atoms with Crippen LogP contribution in [-0.2, 0) is 6.54 Å². The summed E-state index contributed by atoms with van der Waals surface area (Å²) in [7, 11) is 1.61. The number of nitrogens with zero attached hydrogens (tertiary/aromatic N) is 4. The molecule has 2 aromatic rings. The molecule has 0 aromatic carbocycles. The second kappa shape index (κ2) is 6.36. The fraction of sp³-hybridized carbons (Fsp3) is 0.500. The van der Waals surface area contributed by atoms with E-state index < -0.39 is 0 Å². The fourth-order valence-corrected chi connectivity index (χ4v) is 2.05. The number of methoxy groups -OCH3 is 1. The molecule has 2 rings (SSSR count). The summed E-state index contributed by atoms with van der Waals surface area (Å²) in [6.45, 7) is 7.68. The van der Waals surface area contributed by atoms with E-state index in [0.717, 1.165) is 30.9 Å². The van der Waals surface area contributed by atoms with Gasteiger partial charge in [0.05, 0.1) is 12.8 Å². The predicted molar refractivity (Wildman–Crippen MR) is 78.1 cm³/mol. The molecule has 0 radical (unpaired) electrons. The van der Waals surface area contributed by atoms with E-state index in [1.165, 1.54) is 5.69 Å². The molecule has 0 aliphatic rings. The van der Waals surface area contributed by atoms with Crippen molar-refractivity contribution in [3.63, 3.8) is 0 Å². The van der Waals surface area contributed by atoms with Crippen molar-refractivity contribution in [3.8, 4) is 5.88 Å². The van der Waals surface area contributed by atoms with Gasteiger partial charge in [-0.05, 0) is 33.3 Å². The third-order valence-electron chi connectivity index (χ3n) is 2.97. The van der Waals surface area contributed by atoms with Crippen molar-refractivity contribution < 1.29 is 4.74 Å². The smallest absolute Gasteiger partial charge is 0.226 e. The van der Waals surface area contributed by atoms with E-state index in [9.17, 15) is 0 Å². The number of rotatable bonds is 6. The summed E-state index contributed by atoms with van der Waals surface area (Å²) in [5, 5.41) is 7.65. The number of aromatic nitrogens is 4. The molecule has 0 unspecified atom stereocenters. The number of aryl methyl sites for hydroxylation is 4. The maximum atomic E-state index is 5.12. The van der Waals surface area contributed by atoms with Crippen molar-refractivity contribution in [3.05, 3.63) is 29.2 Å². The van der Waals surface area contributed by atoms with E-state index in [-0.39, 0.29) is 0 Å². The van der Waals surface area contributed by atoms with E-state index in [4.69, 9.17) is 4.74 Å². The second-order valence-corrected chi connectivity index (χ2v) is 4.81. The standard InChI is InChI=1S/C14H21N5O/c1-10-9-13(20-4)17-14(16-10)15-6-5-7-19-12(3)8-11(2)18-19/h8-9H,5-7H2,1-4H3,(H,15,16,17). The van der Waals surface area contributed by atoms with Gasteiger partial charge in [0, 0.05) is 30.5 Å². The van der Waals surface area contributed by atoms with Crippen LogP contribution in [0.15, 0.2) is 12.1 Å². The molecule has 20 heavy (non-hydrogen) atoms. The first-order chi connectivity index (χ1) is 9.58. The molecular formula is C14H21N5O. The monoisotopic (exact) mass is 275 g/mol. The Labute approximate surface area is 119 Å². The Hall–Kier alpha value is -2.11. The summed E-state index contributed by atoms with van der Waals surface area (Å²) >= 11 is 0. The average molecular weight is 275 g/mol. The van der Waals surface area contributed by atoms with Crippen molar-refractivity contribution in [1.29, 1.82) is 0 Å². The first-order valence-corrected chi connectivity index (χ1v) is 6.73. The summed E-state index contributed by atoms with van der Waals surface area (Å²) in [6, 6.07) is 3.89. The lowest BCUT2D eigenvalue weighted by molar-refractivity contribution is 0.397. The molecule has 6 heteroatoms. The largest absolute Gasteiger partial charge is 0.481 e. The minimum Gasteiger partial charge on any atom is -0.481 e. The van der Waals surface area contributed by atoms with E-state index >= 15 is 0 Å². The van der Waals surface area contributed by atoms with Crippen LogP contribution in [0.25, 0.3) is 0 Å². The SMILES string of the molecule is COc1cc(C)nc(NCCCn2nc(C)cc2C)n1. The number of hydrogen-bond acceptors (Lipinski definition) is 5. The highest BCUT2D eigenvalue weighted by molar-refractivity contribution is 5.30. The van der Waals surface area contributed by atoms with Gasteiger partial charge in [-0.1, -0.05) is 0 Å². The molecule has 0 spiro atoms. The van der Waals surface area contributed by atoms with Crippen LogP contribution in [0.1, 0.15) is 23.5 Å². The Morgan fingerprint density at radius 1 is 1.15 bits per heavy atom. The number of nitrogens with one attached hydrogen (secondary N) is 1. The number of anilines is 1. The number of ether oxygens (including phenoxy) is 1. The van der Waals surface area contributed by atoms with Crippen molar-refractivity contribution in [1.82, 2.24) is 19.7 Å². The quantitative estimate of drug-likeness (QED) is 0.818. The lowest BCUT2D eigenvalue weighted by Gasteiger charge is -2.08. The van der Waals surface area contributed by atoms with E-state index in [1.807, 2.05) is 18.5 Å². The van der Waals surface area contributed by atoms with Crippen molar-refractivity contribution in [2.24, 2.45) is 0 Å². The highest BCUT2D eigenvalue weighted by atomic mass is 16.5. The van der Waals surface area contributed by atoms with Crippen molar-refractivity contribution in [2.75, 3.05) is 19.0 Å². The van der Waals surface area contributed by atoms with Gasteiger partial charge in [0.15, 0.2) is 0 Å². The average Bonchev–Trinajstić information content (AvgIpc) is 2.72. The Morgan fingerprint density at radius 3 is 2.60 bits per heavy atom. The van der Waals surface area contributed by atoms with Gasteiger partial charge >= 0.3 is 0 Å². The van der Waals surface area contributed by atoms with Gasteiger partial charge in [0.25, 0.3) is 0 Å². The Bertz CT molecular complexity index is 579. The molecule has 1 N–H and O–H groups in total. The Balaban J connectivity index is 1.84. The fourth-order valence-electron chi connectivity index (χ4n) is 2.05. The van der Waals surface area contributed by atoms with Gasteiger partial charge in [-0.3, -0.25) is 4.68 Å². The zero-order valence-electron chi connectivity index (χ0n) is 12.5. The Morgan fingerprint density at radius 2 is 1.95 bits per heavy atom. The van der Waals surface area contributed by atoms with Crippen LogP contribution >= 0.6 is 0 Å². The highest BCUT2D eigenvalue weighted by Crippen LogP contribution is 2.11. The molecule has 0 aliphatic carbocycles. The maximum Gasteiger partial charge on any atom is 0.226 e. The molecule has 6 nitrogen and oxygen atoms in total. The van der Waals surface area contributed by atoms with Crippen LogP contribution in [0, 0.1) is 20.8 Å². The van der Waals surface area contributed by atoms with Crippen LogP contribution in [0.5, 0.6) is 5.88 Å². The first kappa shape index (κ1) is 14.3. The molecule has 0 saturated carbocycles. The molecule has 0 amide bonds. The summed E-state index contributed by atoms with van der Waals surface area (Å²) in [5.74, 6) is 1.19. The maximum absolute atomic E-state index is 5.12. The summed E-state index contributed by atoms with van der Waals surface area (Å²) < 4.78 is 7.15. The van der Waals surface area contributed by atoms with Crippen LogP contribution < -0.4 is 10.1 Å². The van der Waals surface area contributed by atoms with Crippen LogP contribution in [-0.4, -0.2) is 33.4 Å². The zero-order chi connectivity index (χ0) is 14.5.